The third-order valence-corrected chi connectivity index (χ3v) is 4.89. The standard InChI is InChI=1S/C22H21FN4O3/c1-14-11-21(25-27(14)13-16-5-3-4-6-18(16)23)24-22(28)20-12-19(26-30-20)15-7-9-17(29-2)10-8-15/h3-11,20H,12-13H2,1-2H3,(H,24,25,28). The van der Waals surface area contributed by atoms with E-state index in [-0.39, 0.29) is 18.3 Å². The van der Waals surface area contributed by atoms with Gasteiger partial charge in [-0.1, -0.05) is 23.4 Å². The fourth-order valence-electron chi connectivity index (χ4n) is 3.20. The van der Waals surface area contributed by atoms with Crippen LogP contribution in [-0.4, -0.2) is 34.6 Å². The molecule has 0 radical (unpaired) electrons. The molecule has 0 spiro atoms. The van der Waals surface area contributed by atoms with Crippen molar-refractivity contribution >= 4 is 17.4 Å². The average Bonchev–Trinajstić information content (AvgIpc) is 3.37. The molecule has 7 nitrogen and oxygen atoms in total. The van der Waals surface area contributed by atoms with Crippen LogP contribution in [0.3, 0.4) is 0 Å². The van der Waals surface area contributed by atoms with Crippen LogP contribution in [0.15, 0.2) is 59.8 Å². The Balaban J connectivity index is 1.38. The number of ether oxygens (including phenoxy) is 1. The predicted molar refractivity (Wildman–Crippen MR) is 110 cm³/mol. The van der Waals surface area contributed by atoms with Crippen molar-refractivity contribution in [2.24, 2.45) is 5.16 Å². The van der Waals surface area contributed by atoms with Crippen molar-refractivity contribution in [1.82, 2.24) is 9.78 Å². The van der Waals surface area contributed by atoms with E-state index in [2.05, 4.69) is 15.6 Å². The molecule has 1 atom stereocenters. The third kappa shape index (κ3) is 4.17. The number of amides is 1. The molecule has 1 aliphatic heterocycles. The van der Waals surface area contributed by atoms with Gasteiger partial charge in [0.15, 0.2) is 5.82 Å². The summed E-state index contributed by atoms with van der Waals surface area (Å²) >= 11 is 0. The van der Waals surface area contributed by atoms with E-state index < -0.39 is 6.10 Å². The van der Waals surface area contributed by atoms with Crippen LogP contribution < -0.4 is 10.1 Å². The first-order chi connectivity index (χ1) is 14.5. The maximum Gasteiger partial charge on any atom is 0.269 e. The highest BCUT2D eigenvalue weighted by Gasteiger charge is 2.29. The van der Waals surface area contributed by atoms with Crippen LogP contribution in [0.2, 0.25) is 0 Å². The Morgan fingerprint density at radius 2 is 2.03 bits per heavy atom. The van der Waals surface area contributed by atoms with Gasteiger partial charge in [-0.3, -0.25) is 9.48 Å². The van der Waals surface area contributed by atoms with Crippen LogP contribution in [0.5, 0.6) is 5.75 Å². The fraction of sp³-hybridized carbons (Fsp3) is 0.227. The zero-order valence-corrected chi connectivity index (χ0v) is 16.6. The second-order valence-corrected chi connectivity index (χ2v) is 6.97. The molecule has 8 heteroatoms. The lowest BCUT2D eigenvalue weighted by Crippen LogP contribution is -2.28. The lowest BCUT2D eigenvalue weighted by molar-refractivity contribution is -0.125. The van der Waals surface area contributed by atoms with Gasteiger partial charge in [0.1, 0.15) is 11.6 Å². The number of rotatable bonds is 6. The normalized spacial score (nSPS) is 15.4. The van der Waals surface area contributed by atoms with E-state index in [0.29, 0.717) is 23.5 Å². The molecule has 1 amide bonds. The van der Waals surface area contributed by atoms with E-state index in [4.69, 9.17) is 9.57 Å². The number of oxime groups is 1. The highest BCUT2D eigenvalue weighted by Crippen LogP contribution is 2.21. The van der Waals surface area contributed by atoms with Gasteiger partial charge in [-0.2, -0.15) is 5.10 Å². The molecule has 2 heterocycles. The van der Waals surface area contributed by atoms with E-state index in [1.807, 2.05) is 31.2 Å². The van der Waals surface area contributed by atoms with Crippen LogP contribution >= 0.6 is 0 Å². The summed E-state index contributed by atoms with van der Waals surface area (Å²) in [4.78, 5) is 17.9. The van der Waals surface area contributed by atoms with Crippen molar-refractivity contribution in [2.45, 2.75) is 26.0 Å². The molecule has 0 fully saturated rings. The number of benzene rings is 2. The molecule has 0 saturated carbocycles. The number of carbonyl (C=O) groups excluding carboxylic acids is 1. The van der Waals surface area contributed by atoms with Gasteiger partial charge in [-0.05, 0) is 42.8 Å². The number of nitrogens with zero attached hydrogens (tertiary/aromatic N) is 3. The highest BCUT2D eigenvalue weighted by atomic mass is 19.1. The van der Waals surface area contributed by atoms with Gasteiger partial charge in [0.25, 0.3) is 5.91 Å². The molecule has 154 valence electrons. The topological polar surface area (TPSA) is 77.7 Å². The van der Waals surface area contributed by atoms with E-state index in [1.54, 1.807) is 36.1 Å². The number of methoxy groups -OCH3 is 1. The summed E-state index contributed by atoms with van der Waals surface area (Å²) < 4.78 is 20.7. The van der Waals surface area contributed by atoms with Crippen molar-refractivity contribution in [1.29, 1.82) is 0 Å². The van der Waals surface area contributed by atoms with Crippen LogP contribution in [0.4, 0.5) is 10.2 Å². The van der Waals surface area contributed by atoms with Crippen molar-refractivity contribution in [3.05, 3.63) is 77.2 Å². The van der Waals surface area contributed by atoms with Gasteiger partial charge in [0.05, 0.1) is 19.4 Å². The van der Waals surface area contributed by atoms with Crippen molar-refractivity contribution in [3.63, 3.8) is 0 Å². The summed E-state index contributed by atoms with van der Waals surface area (Å²) in [6.45, 7) is 2.12. The van der Waals surface area contributed by atoms with Gasteiger partial charge in [0.2, 0.25) is 6.10 Å². The smallest absolute Gasteiger partial charge is 0.269 e. The summed E-state index contributed by atoms with van der Waals surface area (Å²) in [6, 6.07) is 15.7. The lowest BCUT2D eigenvalue weighted by atomic mass is 10.0. The molecule has 1 aromatic heterocycles. The van der Waals surface area contributed by atoms with Gasteiger partial charge in [0, 0.05) is 23.7 Å². The Kier molecular flexibility index (Phi) is 5.47. The number of nitrogens with one attached hydrogen (secondary N) is 1. The summed E-state index contributed by atoms with van der Waals surface area (Å²) in [5.74, 6) is 0.502. The first kappa shape index (κ1) is 19.6. The molecule has 30 heavy (non-hydrogen) atoms. The number of carbonyl (C=O) groups is 1. The van der Waals surface area contributed by atoms with Gasteiger partial charge < -0.3 is 14.9 Å². The SMILES string of the molecule is COc1ccc(C2=NOC(C(=O)Nc3cc(C)n(Cc4ccccc4F)n3)C2)cc1. The third-order valence-electron chi connectivity index (χ3n) is 4.89. The molecule has 1 unspecified atom stereocenters. The molecule has 2 aromatic carbocycles. The fourth-order valence-corrected chi connectivity index (χ4v) is 3.20. The number of halogens is 1. The Morgan fingerprint density at radius 1 is 1.27 bits per heavy atom. The minimum Gasteiger partial charge on any atom is -0.497 e. The van der Waals surface area contributed by atoms with Crippen LogP contribution in [0.1, 0.15) is 23.2 Å². The van der Waals surface area contributed by atoms with E-state index in [1.165, 1.54) is 6.07 Å². The van der Waals surface area contributed by atoms with E-state index in [0.717, 1.165) is 17.0 Å². The monoisotopic (exact) mass is 408 g/mol. The first-order valence-corrected chi connectivity index (χ1v) is 9.49. The van der Waals surface area contributed by atoms with Crippen LogP contribution in [-0.2, 0) is 16.2 Å². The largest absolute Gasteiger partial charge is 0.497 e. The second-order valence-electron chi connectivity index (χ2n) is 6.97. The molecule has 0 saturated heterocycles. The maximum absolute atomic E-state index is 13.9. The summed E-state index contributed by atoms with van der Waals surface area (Å²) in [6.07, 6.45) is -0.383. The highest BCUT2D eigenvalue weighted by molar-refractivity contribution is 6.06. The Labute approximate surface area is 173 Å². The number of anilines is 1. The first-order valence-electron chi connectivity index (χ1n) is 9.49. The number of hydrogen-bond acceptors (Lipinski definition) is 5. The minimum absolute atomic E-state index is 0.277. The van der Waals surface area contributed by atoms with Gasteiger partial charge >= 0.3 is 0 Å². The number of hydrogen-bond donors (Lipinski definition) is 1. The zero-order valence-electron chi connectivity index (χ0n) is 16.6. The van der Waals surface area contributed by atoms with Gasteiger partial charge in [-0.25, -0.2) is 4.39 Å². The number of aromatic nitrogens is 2. The molecule has 1 aliphatic rings. The van der Waals surface area contributed by atoms with Crippen LogP contribution in [0, 0.1) is 12.7 Å². The van der Waals surface area contributed by atoms with Crippen molar-refractivity contribution in [3.8, 4) is 5.75 Å². The number of aryl methyl sites for hydroxylation is 1. The Hall–Kier alpha value is -3.68. The average molecular weight is 408 g/mol. The zero-order chi connectivity index (χ0) is 21.1. The summed E-state index contributed by atoms with van der Waals surface area (Å²) in [5.41, 5.74) is 2.89. The maximum atomic E-state index is 13.9. The van der Waals surface area contributed by atoms with E-state index in [9.17, 15) is 9.18 Å². The lowest BCUT2D eigenvalue weighted by Gasteiger charge is -2.08. The molecule has 0 aliphatic carbocycles. The van der Waals surface area contributed by atoms with Crippen molar-refractivity contribution < 1.29 is 18.8 Å². The van der Waals surface area contributed by atoms with Gasteiger partial charge in [-0.15, -0.1) is 0 Å². The Bertz CT molecular complexity index is 1090. The summed E-state index contributed by atoms with van der Waals surface area (Å²) in [5, 5.41) is 11.2. The molecule has 1 N–H and O–H groups in total. The molecule has 0 bridgehead atoms. The molecular formula is C22H21FN4O3. The molecule has 4 rings (SSSR count). The molecular weight excluding hydrogens is 387 g/mol. The van der Waals surface area contributed by atoms with Crippen molar-refractivity contribution in [2.75, 3.05) is 12.4 Å². The minimum atomic E-state index is -0.737. The second kappa shape index (κ2) is 8.36. The predicted octanol–water partition coefficient (Wildman–Crippen LogP) is 3.52. The quantitative estimate of drug-likeness (QED) is 0.677. The molecule has 3 aromatic rings. The van der Waals surface area contributed by atoms with Crippen LogP contribution in [0.25, 0.3) is 0 Å². The Morgan fingerprint density at radius 3 is 2.77 bits per heavy atom. The van der Waals surface area contributed by atoms with E-state index >= 15 is 0 Å². The summed E-state index contributed by atoms with van der Waals surface area (Å²) in [7, 11) is 1.60.